The van der Waals surface area contributed by atoms with Crippen LogP contribution in [0.1, 0.15) is 31.2 Å². The molecule has 2 rings (SSSR count). The molecule has 2 nitrogen and oxygen atoms in total. The Morgan fingerprint density at radius 2 is 1.88 bits per heavy atom. The van der Waals surface area contributed by atoms with Crippen LogP contribution in [0.4, 0.5) is 0 Å². The molecule has 2 atom stereocenters. The number of halogens is 1. The van der Waals surface area contributed by atoms with Gasteiger partial charge in [0, 0.05) is 17.4 Å². The first-order valence-electron chi connectivity index (χ1n) is 6.29. The zero-order valence-corrected chi connectivity index (χ0v) is 11.9. The summed E-state index contributed by atoms with van der Waals surface area (Å²) in [5, 5.41) is 9.26. The Morgan fingerprint density at radius 1 is 1.24 bits per heavy atom. The molecule has 3 heteroatoms. The van der Waals surface area contributed by atoms with Crippen LogP contribution >= 0.6 is 15.9 Å². The second-order valence-electron chi connectivity index (χ2n) is 4.95. The van der Waals surface area contributed by atoms with Crippen LogP contribution in [0.15, 0.2) is 24.3 Å². The minimum atomic E-state index is 0.340. The highest BCUT2D eigenvalue weighted by Crippen LogP contribution is 2.28. The summed E-state index contributed by atoms with van der Waals surface area (Å²) in [6.07, 6.45) is 5.25. The molecule has 0 amide bonds. The van der Waals surface area contributed by atoms with E-state index in [4.69, 9.17) is 0 Å². The molecule has 0 radical (unpaired) electrons. The van der Waals surface area contributed by atoms with E-state index >= 15 is 0 Å². The van der Waals surface area contributed by atoms with E-state index in [-0.39, 0.29) is 0 Å². The first-order valence-corrected chi connectivity index (χ1v) is 7.20. The van der Waals surface area contributed by atoms with E-state index in [0.717, 1.165) is 6.54 Å². The van der Waals surface area contributed by atoms with E-state index in [2.05, 4.69) is 27.9 Å². The maximum absolute atomic E-state index is 9.26. The topological polar surface area (TPSA) is 23.5 Å². The van der Waals surface area contributed by atoms with Crippen molar-refractivity contribution in [3.8, 4) is 5.75 Å². The minimum absolute atomic E-state index is 0.340. The first kappa shape index (κ1) is 12.9. The number of alkyl halides is 1. The lowest BCUT2D eigenvalue weighted by Gasteiger charge is -2.35. The van der Waals surface area contributed by atoms with E-state index in [1.54, 1.807) is 12.1 Å². The second kappa shape index (κ2) is 5.87. The summed E-state index contributed by atoms with van der Waals surface area (Å²) in [5.41, 5.74) is 1.26. The lowest BCUT2D eigenvalue weighted by atomic mass is 9.94. The molecule has 1 aliphatic rings. The van der Waals surface area contributed by atoms with E-state index in [1.165, 1.54) is 31.2 Å². The molecule has 0 spiro atoms. The molecule has 0 heterocycles. The summed E-state index contributed by atoms with van der Waals surface area (Å²) in [7, 11) is 2.19. The summed E-state index contributed by atoms with van der Waals surface area (Å²) in [4.78, 5) is 3.05. The van der Waals surface area contributed by atoms with Gasteiger partial charge in [-0.25, -0.2) is 0 Å². The van der Waals surface area contributed by atoms with Gasteiger partial charge in [-0.2, -0.15) is 0 Å². The van der Waals surface area contributed by atoms with Crippen molar-refractivity contribution in [1.82, 2.24) is 4.90 Å². The predicted octanol–water partition coefficient (Wildman–Crippen LogP) is 3.53. The maximum Gasteiger partial charge on any atom is 0.115 e. The predicted molar refractivity (Wildman–Crippen MR) is 74.5 cm³/mol. The molecule has 1 aliphatic carbocycles. The number of benzene rings is 1. The fourth-order valence-electron chi connectivity index (χ4n) is 2.57. The number of nitrogens with zero attached hydrogens (tertiary/aromatic N) is 1. The van der Waals surface area contributed by atoms with Crippen LogP contribution in [0.25, 0.3) is 0 Å². The van der Waals surface area contributed by atoms with Crippen molar-refractivity contribution in [2.24, 2.45) is 0 Å². The lowest BCUT2D eigenvalue weighted by molar-refractivity contribution is 0.193. The minimum Gasteiger partial charge on any atom is -0.508 e. The Morgan fingerprint density at radius 3 is 2.53 bits per heavy atom. The Kier molecular flexibility index (Phi) is 4.46. The third-order valence-electron chi connectivity index (χ3n) is 3.58. The van der Waals surface area contributed by atoms with Gasteiger partial charge in [0.1, 0.15) is 5.75 Å². The van der Waals surface area contributed by atoms with E-state index < -0.39 is 0 Å². The van der Waals surface area contributed by atoms with Crippen molar-refractivity contribution in [3.05, 3.63) is 29.8 Å². The summed E-state index contributed by atoms with van der Waals surface area (Å²) < 4.78 is 0. The Bertz CT molecular complexity index is 352. The molecule has 2 unspecified atom stereocenters. The van der Waals surface area contributed by atoms with Crippen LogP contribution in [0, 0.1) is 0 Å². The van der Waals surface area contributed by atoms with Gasteiger partial charge in [-0.3, -0.25) is 4.90 Å². The van der Waals surface area contributed by atoms with Gasteiger partial charge in [-0.05, 0) is 37.6 Å². The standard InChI is InChI=1S/C14H20BrNO/c1-16(14-5-3-2-4-13(14)15)10-11-6-8-12(17)9-7-11/h6-9,13-14,17H,2-5,10H2,1H3. The largest absolute Gasteiger partial charge is 0.508 e. The number of aromatic hydroxyl groups is 1. The van der Waals surface area contributed by atoms with Crippen molar-refractivity contribution in [3.63, 3.8) is 0 Å². The molecule has 1 fully saturated rings. The van der Waals surface area contributed by atoms with Crippen LogP contribution in [0.2, 0.25) is 0 Å². The number of phenols is 1. The third-order valence-corrected chi connectivity index (χ3v) is 4.65. The molecule has 1 N–H and O–H groups in total. The molecule has 0 aliphatic heterocycles. The highest BCUT2D eigenvalue weighted by molar-refractivity contribution is 9.09. The number of hydrogen-bond donors (Lipinski definition) is 1. The highest BCUT2D eigenvalue weighted by Gasteiger charge is 2.25. The molecule has 17 heavy (non-hydrogen) atoms. The van der Waals surface area contributed by atoms with Gasteiger partial charge in [0.15, 0.2) is 0 Å². The number of phenolic OH excluding ortho intramolecular Hbond substituents is 1. The third kappa shape index (κ3) is 3.46. The van der Waals surface area contributed by atoms with Crippen molar-refractivity contribution in [2.45, 2.75) is 43.1 Å². The molecule has 0 bridgehead atoms. The molecule has 1 saturated carbocycles. The molecular formula is C14H20BrNO. The molecular weight excluding hydrogens is 278 g/mol. The van der Waals surface area contributed by atoms with Crippen LogP contribution in [0.3, 0.4) is 0 Å². The first-order chi connectivity index (χ1) is 8.16. The van der Waals surface area contributed by atoms with Crippen molar-refractivity contribution in [1.29, 1.82) is 0 Å². The van der Waals surface area contributed by atoms with Gasteiger partial charge in [-0.1, -0.05) is 40.9 Å². The van der Waals surface area contributed by atoms with E-state index in [1.807, 2.05) is 12.1 Å². The average molecular weight is 298 g/mol. The van der Waals surface area contributed by atoms with Crippen molar-refractivity contribution < 1.29 is 5.11 Å². The average Bonchev–Trinajstić information content (AvgIpc) is 2.32. The molecule has 0 aromatic heterocycles. The van der Waals surface area contributed by atoms with Crippen LogP contribution in [0.5, 0.6) is 5.75 Å². The van der Waals surface area contributed by atoms with Gasteiger partial charge in [0.2, 0.25) is 0 Å². The highest BCUT2D eigenvalue weighted by atomic mass is 79.9. The van der Waals surface area contributed by atoms with Gasteiger partial charge >= 0.3 is 0 Å². The van der Waals surface area contributed by atoms with Crippen LogP contribution in [-0.2, 0) is 6.54 Å². The Balaban J connectivity index is 1.95. The summed E-state index contributed by atoms with van der Waals surface area (Å²) in [6, 6.07) is 8.15. The van der Waals surface area contributed by atoms with Gasteiger partial charge in [-0.15, -0.1) is 0 Å². The van der Waals surface area contributed by atoms with Crippen LogP contribution in [-0.4, -0.2) is 27.9 Å². The quantitative estimate of drug-likeness (QED) is 0.863. The van der Waals surface area contributed by atoms with E-state index in [0.29, 0.717) is 16.6 Å². The summed E-state index contributed by atoms with van der Waals surface area (Å²) in [5.74, 6) is 0.340. The van der Waals surface area contributed by atoms with Crippen molar-refractivity contribution in [2.75, 3.05) is 7.05 Å². The Labute approximate surface area is 112 Å². The summed E-state index contributed by atoms with van der Waals surface area (Å²) >= 11 is 3.80. The second-order valence-corrected chi connectivity index (χ2v) is 6.13. The van der Waals surface area contributed by atoms with Crippen molar-refractivity contribution >= 4 is 15.9 Å². The van der Waals surface area contributed by atoms with Gasteiger partial charge in [0.05, 0.1) is 0 Å². The zero-order chi connectivity index (χ0) is 12.3. The van der Waals surface area contributed by atoms with Gasteiger partial charge in [0.25, 0.3) is 0 Å². The fraction of sp³-hybridized carbons (Fsp3) is 0.571. The Hall–Kier alpha value is -0.540. The number of hydrogen-bond acceptors (Lipinski definition) is 2. The monoisotopic (exact) mass is 297 g/mol. The lowest BCUT2D eigenvalue weighted by Crippen LogP contribution is -2.40. The zero-order valence-electron chi connectivity index (χ0n) is 10.3. The molecule has 1 aromatic rings. The molecule has 0 saturated heterocycles. The normalized spacial score (nSPS) is 25.1. The summed E-state index contributed by atoms with van der Waals surface area (Å²) in [6.45, 7) is 0.951. The fourth-order valence-corrected chi connectivity index (χ4v) is 3.56. The van der Waals surface area contributed by atoms with E-state index in [9.17, 15) is 5.11 Å². The van der Waals surface area contributed by atoms with Crippen LogP contribution < -0.4 is 0 Å². The smallest absolute Gasteiger partial charge is 0.115 e. The van der Waals surface area contributed by atoms with Gasteiger partial charge < -0.3 is 5.11 Å². The maximum atomic E-state index is 9.26. The SMILES string of the molecule is CN(Cc1ccc(O)cc1)C1CCCCC1Br. The number of rotatable bonds is 3. The molecule has 1 aromatic carbocycles. The molecule has 94 valence electrons.